The van der Waals surface area contributed by atoms with Gasteiger partial charge in [-0.25, -0.2) is 9.97 Å². The topological polar surface area (TPSA) is 80.9 Å². The zero-order chi connectivity index (χ0) is 24.4. The second-order valence-corrected chi connectivity index (χ2v) is 8.53. The lowest BCUT2D eigenvalue weighted by molar-refractivity contribution is 0.102. The van der Waals surface area contributed by atoms with Crippen molar-refractivity contribution < 1.29 is 4.79 Å². The quantitative estimate of drug-likeness (QED) is 0.361. The van der Waals surface area contributed by atoms with E-state index in [4.69, 9.17) is 9.97 Å². The van der Waals surface area contributed by atoms with E-state index >= 15 is 0 Å². The Labute approximate surface area is 204 Å². The number of imidazole rings is 1. The third-order valence-corrected chi connectivity index (χ3v) is 6.38. The third-order valence-electron chi connectivity index (χ3n) is 6.38. The van der Waals surface area contributed by atoms with Gasteiger partial charge in [-0.3, -0.25) is 14.8 Å². The maximum Gasteiger partial charge on any atom is 0.258 e. The number of nitrogens with zero attached hydrogens (tertiary/aromatic N) is 6. The number of aromatic nitrogens is 5. The highest BCUT2D eigenvalue weighted by atomic mass is 16.1. The lowest BCUT2D eigenvalue weighted by Gasteiger charge is -2.19. The number of fused-ring (bicyclic) bond motifs is 2. The summed E-state index contributed by atoms with van der Waals surface area (Å²) in [6.45, 7) is 7.88. The van der Waals surface area contributed by atoms with E-state index < -0.39 is 0 Å². The SMILES string of the molecule is CCN(CC)CCn1c(NC(=O)c2cc(-c3cnn(C)c3)nc3ccccc23)nc2ccccc21. The number of nitrogens with one attached hydrogen (secondary N) is 1. The van der Waals surface area contributed by atoms with E-state index in [2.05, 4.69) is 33.7 Å². The highest BCUT2D eigenvalue weighted by Gasteiger charge is 2.18. The van der Waals surface area contributed by atoms with Gasteiger partial charge in [0.15, 0.2) is 0 Å². The molecule has 0 atom stereocenters. The van der Waals surface area contributed by atoms with Crippen molar-refractivity contribution in [1.29, 1.82) is 0 Å². The van der Waals surface area contributed by atoms with Crippen LogP contribution in [-0.4, -0.2) is 54.8 Å². The Balaban J connectivity index is 1.54. The number of amides is 1. The van der Waals surface area contributed by atoms with Gasteiger partial charge in [0.1, 0.15) is 0 Å². The fourth-order valence-electron chi connectivity index (χ4n) is 4.41. The van der Waals surface area contributed by atoms with Crippen molar-refractivity contribution in [3.05, 3.63) is 72.6 Å². The molecule has 8 heteroatoms. The molecule has 0 unspecified atom stereocenters. The summed E-state index contributed by atoms with van der Waals surface area (Å²) in [5.41, 5.74) is 4.74. The van der Waals surface area contributed by atoms with E-state index in [0.29, 0.717) is 17.2 Å². The second kappa shape index (κ2) is 9.68. The summed E-state index contributed by atoms with van der Waals surface area (Å²) in [6.07, 6.45) is 3.65. The van der Waals surface area contributed by atoms with E-state index in [0.717, 1.165) is 53.7 Å². The van der Waals surface area contributed by atoms with Gasteiger partial charge in [-0.2, -0.15) is 5.10 Å². The van der Waals surface area contributed by atoms with Gasteiger partial charge in [0.25, 0.3) is 5.91 Å². The molecule has 0 saturated carbocycles. The van der Waals surface area contributed by atoms with Crippen LogP contribution in [0.2, 0.25) is 0 Å². The van der Waals surface area contributed by atoms with Crippen LogP contribution in [0, 0.1) is 0 Å². The molecule has 0 spiro atoms. The number of hydrogen-bond donors (Lipinski definition) is 1. The zero-order valence-corrected chi connectivity index (χ0v) is 20.3. The predicted molar refractivity (Wildman–Crippen MR) is 139 cm³/mol. The first-order valence-electron chi connectivity index (χ1n) is 11.9. The summed E-state index contributed by atoms with van der Waals surface area (Å²) >= 11 is 0. The summed E-state index contributed by atoms with van der Waals surface area (Å²) in [7, 11) is 1.86. The highest BCUT2D eigenvalue weighted by molar-refractivity contribution is 6.13. The molecule has 2 aromatic carbocycles. The van der Waals surface area contributed by atoms with Crippen LogP contribution in [0.3, 0.4) is 0 Å². The monoisotopic (exact) mass is 467 g/mol. The first-order chi connectivity index (χ1) is 17.1. The van der Waals surface area contributed by atoms with Gasteiger partial charge < -0.3 is 9.47 Å². The molecule has 3 heterocycles. The van der Waals surface area contributed by atoms with Crippen LogP contribution in [0.5, 0.6) is 0 Å². The minimum atomic E-state index is -0.215. The number of carbonyl (C=O) groups is 1. The van der Waals surface area contributed by atoms with E-state index in [1.54, 1.807) is 10.9 Å². The molecule has 35 heavy (non-hydrogen) atoms. The van der Waals surface area contributed by atoms with Crippen molar-refractivity contribution in [2.24, 2.45) is 7.05 Å². The molecule has 0 saturated heterocycles. The normalized spacial score (nSPS) is 11.5. The molecular formula is C27H29N7O. The van der Waals surface area contributed by atoms with Crippen molar-refractivity contribution in [3.8, 4) is 11.3 Å². The summed E-state index contributed by atoms with van der Waals surface area (Å²) in [4.78, 5) is 25.6. The Morgan fingerprint density at radius 1 is 1.00 bits per heavy atom. The average molecular weight is 468 g/mol. The Morgan fingerprint density at radius 2 is 1.74 bits per heavy atom. The van der Waals surface area contributed by atoms with E-state index in [1.165, 1.54) is 0 Å². The summed E-state index contributed by atoms with van der Waals surface area (Å²) in [5.74, 6) is 0.334. The van der Waals surface area contributed by atoms with Gasteiger partial charge in [0, 0.05) is 37.3 Å². The summed E-state index contributed by atoms with van der Waals surface area (Å²) < 4.78 is 3.82. The number of anilines is 1. The molecule has 178 valence electrons. The number of pyridine rings is 1. The molecule has 5 aromatic rings. The highest BCUT2D eigenvalue weighted by Crippen LogP contribution is 2.26. The Bertz CT molecular complexity index is 1500. The van der Waals surface area contributed by atoms with Crippen LogP contribution >= 0.6 is 0 Å². The fraction of sp³-hybridized carbons (Fsp3) is 0.259. The van der Waals surface area contributed by atoms with Crippen LogP contribution in [0.4, 0.5) is 5.95 Å². The minimum absolute atomic E-state index is 0.215. The first kappa shape index (κ1) is 22.7. The minimum Gasteiger partial charge on any atom is -0.309 e. The first-order valence-corrected chi connectivity index (χ1v) is 11.9. The smallest absolute Gasteiger partial charge is 0.258 e. The average Bonchev–Trinajstić information content (AvgIpc) is 3.47. The number of aryl methyl sites for hydroxylation is 1. The van der Waals surface area contributed by atoms with Crippen molar-refractivity contribution in [1.82, 2.24) is 29.2 Å². The molecular weight excluding hydrogens is 438 g/mol. The number of rotatable bonds is 8. The molecule has 8 nitrogen and oxygen atoms in total. The van der Waals surface area contributed by atoms with Crippen molar-refractivity contribution in [2.45, 2.75) is 20.4 Å². The molecule has 0 aliphatic rings. The van der Waals surface area contributed by atoms with E-state index in [-0.39, 0.29) is 5.91 Å². The van der Waals surface area contributed by atoms with Crippen LogP contribution in [0.1, 0.15) is 24.2 Å². The number of hydrogen-bond acceptors (Lipinski definition) is 5. The molecule has 0 fully saturated rings. The van der Waals surface area contributed by atoms with Crippen LogP contribution in [0.25, 0.3) is 33.2 Å². The van der Waals surface area contributed by atoms with E-state index in [9.17, 15) is 4.79 Å². The zero-order valence-electron chi connectivity index (χ0n) is 20.3. The van der Waals surface area contributed by atoms with Crippen LogP contribution < -0.4 is 5.32 Å². The Morgan fingerprint density at radius 3 is 2.49 bits per heavy atom. The van der Waals surface area contributed by atoms with E-state index in [1.807, 2.05) is 67.8 Å². The lowest BCUT2D eigenvalue weighted by atomic mass is 10.1. The molecule has 0 radical (unpaired) electrons. The van der Waals surface area contributed by atoms with Crippen molar-refractivity contribution >= 4 is 33.8 Å². The van der Waals surface area contributed by atoms with Gasteiger partial charge in [0.2, 0.25) is 5.95 Å². The molecule has 1 amide bonds. The second-order valence-electron chi connectivity index (χ2n) is 8.53. The predicted octanol–water partition coefficient (Wildman–Crippen LogP) is 4.58. The van der Waals surface area contributed by atoms with Crippen molar-refractivity contribution in [2.75, 3.05) is 25.0 Å². The lowest BCUT2D eigenvalue weighted by Crippen LogP contribution is -2.27. The Hall–Kier alpha value is -4.04. The molecule has 0 aliphatic carbocycles. The summed E-state index contributed by atoms with van der Waals surface area (Å²) in [5, 5.41) is 8.15. The summed E-state index contributed by atoms with van der Waals surface area (Å²) in [6, 6.07) is 17.5. The molecule has 3 aromatic heterocycles. The standard InChI is InChI=1S/C27H29N7O/c1-4-33(5-2)14-15-34-25-13-9-8-12-23(25)30-27(34)31-26(35)21-16-24(19-17-28-32(3)18-19)29-22-11-7-6-10-20(21)22/h6-13,16-18H,4-5,14-15H2,1-3H3,(H,30,31,35). The maximum atomic E-state index is 13.7. The number of para-hydroxylation sites is 3. The molecule has 1 N–H and O–H groups in total. The van der Waals surface area contributed by atoms with Crippen LogP contribution in [0.15, 0.2) is 67.0 Å². The number of benzene rings is 2. The van der Waals surface area contributed by atoms with Gasteiger partial charge in [-0.15, -0.1) is 0 Å². The van der Waals surface area contributed by atoms with Gasteiger partial charge >= 0.3 is 0 Å². The Kier molecular flexibility index (Phi) is 6.29. The maximum absolute atomic E-state index is 13.7. The van der Waals surface area contributed by atoms with Crippen LogP contribution in [-0.2, 0) is 13.6 Å². The molecule has 0 bridgehead atoms. The third kappa shape index (κ3) is 4.52. The van der Waals surface area contributed by atoms with Gasteiger partial charge in [0.05, 0.1) is 34.0 Å². The largest absolute Gasteiger partial charge is 0.309 e. The molecule has 0 aliphatic heterocycles. The van der Waals surface area contributed by atoms with Gasteiger partial charge in [-0.05, 0) is 37.4 Å². The van der Waals surface area contributed by atoms with Crippen molar-refractivity contribution in [3.63, 3.8) is 0 Å². The number of likely N-dealkylation sites (N-methyl/N-ethyl adjacent to an activating group) is 1. The van der Waals surface area contributed by atoms with Gasteiger partial charge in [-0.1, -0.05) is 44.2 Å². The molecule has 5 rings (SSSR count). The fourth-order valence-corrected chi connectivity index (χ4v) is 4.41. The number of carbonyl (C=O) groups excluding carboxylic acids is 1.